The molecule has 0 aliphatic carbocycles. The van der Waals surface area contributed by atoms with Crippen LogP contribution >= 0.6 is 54.0 Å². The molecule has 85 heavy (non-hydrogen) atoms. The van der Waals surface area contributed by atoms with Crippen molar-refractivity contribution in [1.29, 1.82) is 0 Å². The molecule has 22 nitrogen and oxygen atoms in total. The lowest BCUT2D eigenvalue weighted by Gasteiger charge is -2.18. The van der Waals surface area contributed by atoms with Gasteiger partial charge in [-0.3, -0.25) is 42.7 Å². The van der Waals surface area contributed by atoms with Gasteiger partial charge in [0, 0.05) is 51.4 Å². The zero-order valence-electron chi connectivity index (χ0n) is 48.4. The fourth-order valence-electron chi connectivity index (χ4n) is 6.84. The molecule has 0 heterocycles. The van der Waals surface area contributed by atoms with Gasteiger partial charge in [-0.15, -0.1) is 0 Å². The van der Waals surface area contributed by atoms with Gasteiger partial charge < -0.3 is 56.4 Å². The van der Waals surface area contributed by atoms with E-state index >= 15 is 0 Å². The molecule has 0 spiro atoms. The van der Waals surface area contributed by atoms with E-state index in [1.54, 1.807) is 24.3 Å². The standard InChI is InChI=1S/C36H41N3O9.C21H29N3O7.CH3F.4H2S/c1-26(35(44)46-23-28-13-7-3-8-14-28)48-25-38-33(42)20-18-32(41)31(21-27-11-5-2-6-12-27)39-34(43)19-17-30(40)22-37-36(45)47-24-29-15-9-4-10-16-29;1-14(21(29)30)31-13-23-19(27)10-8-18(26)17(11-15-5-3-2-4-6-15)24-20(28)9-7-16(25)12-22;1-2;;;;/h2-16,26,31H,17-25H2,1H3,(H,37,45)(H,38,42)(H,39,43);2-6,14,17H,7-13,22H2,1H3,(H,23,27)(H,24,28)(H,29,30);1H3;4*1H2/t26-,31-;14-,17-;;;;;/m00...../s1/i;;1D;;;;. The molecule has 4 rings (SSSR count). The largest absolute Gasteiger partial charge is 0.479 e. The molecule has 0 saturated heterocycles. The lowest BCUT2D eigenvalue weighted by Crippen LogP contribution is -2.43. The minimum absolute atomic E-state index is 0. The number of esters is 1. The van der Waals surface area contributed by atoms with Crippen LogP contribution in [0, 0.1) is 0 Å². The highest BCUT2D eigenvalue weighted by Crippen LogP contribution is 2.11. The predicted octanol–water partition coefficient (Wildman–Crippen LogP) is 4.53. The SMILES string of the molecule is C[C@H](OCNC(=O)CCC(=O)[C@H](Cc1ccccc1)NC(=O)CCC(=O)CN)C(=O)O.C[C@H](OCNC(=O)CCC(=O)[C@H](Cc1ccccc1)NC(=O)CCC(=O)CNC(=O)OCc1ccccc1)C(=O)OCc1ccccc1.S.S.S.S.[2H]CF. The number of nitrogens with one attached hydrogen (secondary N) is 5. The van der Waals surface area contributed by atoms with Crippen LogP contribution in [0.4, 0.5) is 9.18 Å². The van der Waals surface area contributed by atoms with Crippen molar-refractivity contribution >= 4 is 119 Å². The summed E-state index contributed by atoms with van der Waals surface area (Å²) in [6, 6.07) is 34.6. The lowest BCUT2D eigenvalue weighted by atomic mass is 9.99. The first-order valence-corrected chi connectivity index (χ1v) is 25.8. The summed E-state index contributed by atoms with van der Waals surface area (Å²) in [5.74, 6) is -5.00. The van der Waals surface area contributed by atoms with Crippen LogP contribution in [0.5, 0.6) is 0 Å². The van der Waals surface area contributed by atoms with Gasteiger partial charge in [-0.2, -0.15) is 54.0 Å². The Morgan fingerprint density at radius 1 is 0.494 bits per heavy atom. The summed E-state index contributed by atoms with van der Waals surface area (Å²) in [7, 11) is -1.00. The Labute approximate surface area is 523 Å². The Balaban J connectivity index is -0.00000158. The van der Waals surface area contributed by atoms with E-state index in [-0.39, 0.29) is 181 Å². The van der Waals surface area contributed by atoms with Crippen LogP contribution < -0.4 is 32.3 Å². The Morgan fingerprint density at radius 3 is 1.24 bits per heavy atom. The van der Waals surface area contributed by atoms with Gasteiger partial charge in [-0.1, -0.05) is 121 Å². The molecule has 0 saturated carbocycles. The second-order valence-corrected chi connectivity index (χ2v) is 17.8. The van der Waals surface area contributed by atoms with Crippen LogP contribution in [0.15, 0.2) is 121 Å². The number of carboxylic acids is 1. The first-order chi connectivity index (χ1) is 39.3. The van der Waals surface area contributed by atoms with E-state index in [9.17, 15) is 57.1 Å². The van der Waals surface area contributed by atoms with Crippen molar-refractivity contribution < 1.29 is 82.6 Å². The number of carbonyl (C=O) groups is 11. The molecule has 0 unspecified atom stereocenters. The number of ketones is 4. The van der Waals surface area contributed by atoms with E-state index in [1.165, 1.54) is 13.8 Å². The highest BCUT2D eigenvalue weighted by Gasteiger charge is 2.25. The number of halogens is 1. The Bertz CT molecular complexity index is 2650. The normalized spacial score (nSPS) is 11.4. The topological polar surface area (TPSA) is 331 Å². The fraction of sp³-hybridized carbons (Fsp3) is 0.397. The summed E-state index contributed by atoms with van der Waals surface area (Å²) in [6.07, 6.45) is -3.33. The van der Waals surface area contributed by atoms with Crippen molar-refractivity contribution in [3.05, 3.63) is 144 Å². The van der Waals surface area contributed by atoms with E-state index in [2.05, 4.69) is 26.6 Å². The zero-order chi connectivity index (χ0) is 60.5. The molecule has 0 aromatic heterocycles. The van der Waals surface area contributed by atoms with Crippen molar-refractivity contribution in [1.82, 2.24) is 26.6 Å². The summed E-state index contributed by atoms with van der Waals surface area (Å²) < 4.78 is 36.0. The number of alkyl carbamates (subject to hydrolysis) is 1. The quantitative estimate of drug-likeness (QED) is 0.0246. The average molecular weight is 1270 g/mol. The maximum absolute atomic E-state index is 13.1. The van der Waals surface area contributed by atoms with Gasteiger partial charge >= 0.3 is 18.0 Å². The summed E-state index contributed by atoms with van der Waals surface area (Å²) in [4.78, 5) is 133. The maximum Gasteiger partial charge on any atom is 0.407 e. The number of Topliss-reactive ketones (excluding diaryl/α,β-unsaturated/α-hetero) is 4. The van der Waals surface area contributed by atoms with Gasteiger partial charge in [0.1, 0.15) is 32.5 Å². The second-order valence-electron chi connectivity index (χ2n) is 17.8. The summed E-state index contributed by atoms with van der Waals surface area (Å²) in [5, 5.41) is 21.3. The molecule has 4 aromatic rings. The first-order valence-electron chi connectivity index (χ1n) is 26.5. The summed E-state index contributed by atoms with van der Waals surface area (Å²) in [6.45, 7) is 1.99. The van der Waals surface area contributed by atoms with Gasteiger partial charge in [0.2, 0.25) is 23.6 Å². The van der Waals surface area contributed by atoms with Crippen LogP contribution in [-0.2, 0) is 92.9 Å². The Morgan fingerprint density at radius 2 is 0.847 bits per heavy atom. The van der Waals surface area contributed by atoms with Crippen molar-refractivity contribution in [3.8, 4) is 0 Å². The van der Waals surface area contributed by atoms with Crippen molar-refractivity contribution in [3.63, 3.8) is 0 Å². The molecule has 0 aliphatic heterocycles. The Kier molecular flexibility index (Phi) is 46.2. The third-order valence-electron chi connectivity index (χ3n) is 11.5. The van der Waals surface area contributed by atoms with E-state index in [4.69, 9.17) is 31.2 Å². The molecule has 8 N–H and O–H groups in total. The number of hydrogen-bond donors (Lipinski definition) is 7. The number of amides is 5. The average Bonchev–Trinajstić information content (AvgIpc) is 3.61. The van der Waals surface area contributed by atoms with Gasteiger partial charge in [-0.05, 0) is 48.9 Å². The number of carboxylic acid groups (broad SMARTS) is 1. The number of nitrogens with two attached hydrogens (primary N) is 1. The van der Waals surface area contributed by atoms with E-state index in [0.29, 0.717) is 0 Å². The molecule has 0 fully saturated rings. The number of hydrogen-bond acceptors (Lipinski definition) is 16. The number of alkyl halides is 1. The van der Waals surface area contributed by atoms with Crippen molar-refractivity contribution in [2.75, 3.05) is 33.7 Å². The molecule has 470 valence electrons. The van der Waals surface area contributed by atoms with Crippen LogP contribution in [-0.4, -0.2) is 128 Å². The molecular formula is C58H81FN6O16S4. The molecule has 0 aliphatic rings. The highest BCUT2D eigenvalue weighted by molar-refractivity contribution is 7.59. The minimum Gasteiger partial charge on any atom is -0.479 e. The second kappa shape index (κ2) is 49.2. The number of aliphatic carboxylic acids is 1. The molecule has 0 radical (unpaired) electrons. The number of ether oxygens (including phenoxy) is 4. The molecular weight excluding hydrogens is 1180 g/mol. The third-order valence-corrected chi connectivity index (χ3v) is 11.5. The van der Waals surface area contributed by atoms with Crippen molar-refractivity contribution in [2.45, 2.75) is 116 Å². The van der Waals surface area contributed by atoms with Gasteiger partial charge in [-0.25, -0.2) is 14.4 Å². The van der Waals surface area contributed by atoms with Crippen LogP contribution in [0.3, 0.4) is 0 Å². The smallest absolute Gasteiger partial charge is 0.407 e. The molecule has 0 bridgehead atoms. The number of rotatable bonds is 35. The van der Waals surface area contributed by atoms with E-state index in [0.717, 1.165) is 22.3 Å². The summed E-state index contributed by atoms with van der Waals surface area (Å²) in [5.41, 5.74) is 8.50. The summed E-state index contributed by atoms with van der Waals surface area (Å²) >= 11 is 0. The monoisotopic (exact) mass is 1270 g/mol. The Hall–Kier alpha value is -7.14. The van der Waals surface area contributed by atoms with Crippen molar-refractivity contribution in [2.24, 2.45) is 5.73 Å². The first kappa shape index (κ1) is 79.9. The van der Waals surface area contributed by atoms with Gasteiger partial charge in [0.15, 0.2) is 29.6 Å². The molecule has 4 atom stereocenters. The predicted molar refractivity (Wildman–Crippen MR) is 334 cm³/mol. The molecule has 4 aromatic carbocycles. The number of benzene rings is 4. The fourth-order valence-corrected chi connectivity index (χ4v) is 6.84. The minimum atomic E-state index is -1.16. The van der Waals surface area contributed by atoms with E-state index < -0.39 is 73.1 Å². The highest BCUT2D eigenvalue weighted by atomic mass is 32.1. The van der Waals surface area contributed by atoms with E-state index in [1.807, 2.05) is 97.1 Å². The molecule has 27 heteroatoms. The zero-order valence-corrected chi connectivity index (χ0v) is 51.4. The lowest BCUT2D eigenvalue weighted by molar-refractivity contribution is -0.158. The van der Waals surface area contributed by atoms with Gasteiger partial charge in [0.25, 0.3) is 0 Å². The van der Waals surface area contributed by atoms with Crippen LogP contribution in [0.25, 0.3) is 0 Å². The number of carbonyl (C=O) groups excluding carboxylic acids is 10. The van der Waals surface area contributed by atoms with Crippen LogP contribution in [0.2, 0.25) is 0 Å². The maximum atomic E-state index is 13.1. The van der Waals surface area contributed by atoms with Crippen LogP contribution in [0.1, 0.15) is 88.8 Å². The third kappa shape index (κ3) is 38.4. The molecule has 5 amide bonds. The van der Waals surface area contributed by atoms with Gasteiger partial charge in [0.05, 0.1) is 33.7 Å².